The first-order valence-electron chi connectivity index (χ1n) is 9.53. The van der Waals surface area contributed by atoms with Crippen molar-refractivity contribution >= 4 is 23.9 Å². The number of anilines is 1. The van der Waals surface area contributed by atoms with Crippen LogP contribution >= 0.6 is 0 Å². The number of carbonyl (C=O) groups is 1. The molecule has 1 heterocycles. The Bertz CT molecular complexity index is 1080. The van der Waals surface area contributed by atoms with Gasteiger partial charge in [0, 0.05) is 5.69 Å². The molecule has 1 amide bonds. The molecule has 0 aliphatic carbocycles. The number of aromatic nitrogens is 3. The normalized spacial score (nSPS) is 12.1. The summed E-state index contributed by atoms with van der Waals surface area (Å²) in [5, 5.41) is 6.93. The number of nitrogens with one attached hydrogen (secondary N) is 1. The minimum atomic E-state index is -4.74. The van der Waals surface area contributed by atoms with Crippen LogP contribution < -0.4 is 10.1 Å². The molecule has 168 valence electrons. The number of nitrogens with zero attached hydrogens (tertiary/aromatic N) is 3. The van der Waals surface area contributed by atoms with E-state index in [1.54, 1.807) is 57.2 Å². The maximum absolute atomic E-state index is 12.2. The number of benzene rings is 2. The van der Waals surface area contributed by atoms with E-state index in [4.69, 9.17) is 4.74 Å². The van der Waals surface area contributed by atoms with Crippen LogP contribution in [0.3, 0.4) is 0 Å². The van der Waals surface area contributed by atoms with Crippen LogP contribution in [0.1, 0.15) is 32.2 Å². The highest BCUT2D eigenvalue weighted by Gasteiger charge is 2.31. The van der Waals surface area contributed by atoms with Gasteiger partial charge >= 0.3 is 12.5 Å². The molecule has 0 bridgehead atoms. The number of amides is 1. The second-order valence-electron chi connectivity index (χ2n) is 7.67. The monoisotopic (exact) mass is 446 g/mol. The van der Waals surface area contributed by atoms with E-state index < -0.39 is 18.1 Å². The average Bonchev–Trinajstić information content (AvgIpc) is 3.14. The maximum atomic E-state index is 12.2. The lowest BCUT2D eigenvalue weighted by Gasteiger charge is -2.19. The molecule has 2 aromatic carbocycles. The summed E-state index contributed by atoms with van der Waals surface area (Å²) in [6.45, 7) is 5.35. The fraction of sp³-hybridized carbons (Fsp3) is 0.227. The summed E-state index contributed by atoms with van der Waals surface area (Å²) in [5.41, 5.74) is 1.40. The molecule has 7 nitrogen and oxygen atoms in total. The predicted octanol–water partition coefficient (Wildman–Crippen LogP) is 5.68. The van der Waals surface area contributed by atoms with Crippen molar-refractivity contribution in [2.45, 2.75) is 32.7 Å². The second kappa shape index (κ2) is 9.13. The molecule has 1 aromatic heterocycles. The average molecular weight is 446 g/mol. The van der Waals surface area contributed by atoms with Crippen molar-refractivity contribution in [3.63, 3.8) is 0 Å². The largest absolute Gasteiger partial charge is 0.573 e. The van der Waals surface area contributed by atoms with Crippen molar-refractivity contribution in [3.8, 4) is 11.4 Å². The van der Waals surface area contributed by atoms with Crippen LogP contribution in [0.2, 0.25) is 0 Å². The van der Waals surface area contributed by atoms with Gasteiger partial charge in [-0.05, 0) is 68.8 Å². The quantitative estimate of drug-likeness (QED) is 0.545. The zero-order valence-electron chi connectivity index (χ0n) is 17.6. The standard InChI is InChI=1S/C22H21F3N4O3/c1-21(2,3)32-20(30)27-16-7-4-15(5-8-16)6-13-19-26-14-29(28-19)17-9-11-18(12-10-17)31-22(23,24)25/h4-14H,1-3H3,(H,27,30)/b13-6+. The molecular formula is C22H21F3N4O3. The molecule has 0 radical (unpaired) electrons. The Morgan fingerprint density at radius 3 is 2.25 bits per heavy atom. The smallest absolute Gasteiger partial charge is 0.444 e. The van der Waals surface area contributed by atoms with Crippen LogP contribution in [-0.2, 0) is 4.74 Å². The fourth-order valence-corrected chi connectivity index (χ4v) is 2.55. The van der Waals surface area contributed by atoms with Gasteiger partial charge in [-0.15, -0.1) is 18.3 Å². The third-order valence-electron chi connectivity index (χ3n) is 3.83. The SMILES string of the molecule is CC(C)(C)OC(=O)Nc1ccc(/C=C/c2ncn(-c3ccc(OC(F)(F)F)cc3)n2)cc1. The highest BCUT2D eigenvalue weighted by atomic mass is 19.4. The molecule has 0 saturated carbocycles. The van der Waals surface area contributed by atoms with Crippen LogP contribution in [0.25, 0.3) is 17.8 Å². The van der Waals surface area contributed by atoms with Gasteiger partial charge in [0.1, 0.15) is 17.7 Å². The minimum absolute atomic E-state index is 0.314. The van der Waals surface area contributed by atoms with E-state index >= 15 is 0 Å². The summed E-state index contributed by atoms with van der Waals surface area (Å²) in [7, 11) is 0. The first-order valence-corrected chi connectivity index (χ1v) is 9.53. The van der Waals surface area contributed by atoms with Gasteiger partial charge in [-0.25, -0.2) is 14.5 Å². The Balaban J connectivity index is 1.60. The number of rotatable bonds is 5. The van der Waals surface area contributed by atoms with Gasteiger partial charge in [0.05, 0.1) is 5.69 Å². The lowest BCUT2D eigenvalue weighted by Crippen LogP contribution is -2.27. The van der Waals surface area contributed by atoms with Gasteiger partial charge in [0.2, 0.25) is 0 Å². The highest BCUT2D eigenvalue weighted by molar-refractivity contribution is 5.85. The lowest BCUT2D eigenvalue weighted by molar-refractivity contribution is -0.274. The van der Waals surface area contributed by atoms with E-state index in [-0.39, 0.29) is 5.75 Å². The van der Waals surface area contributed by atoms with Crippen LogP contribution in [0, 0.1) is 0 Å². The molecule has 0 aliphatic heterocycles. The van der Waals surface area contributed by atoms with E-state index in [0.29, 0.717) is 17.2 Å². The number of ether oxygens (including phenoxy) is 2. The van der Waals surface area contributed by atoms with Crippen molar-refractivity contribution in [1.82, 2.24) is 14.8 Å². The molecule has 0 unspecified atom stereocenters. The Morgan fingerprint density at radius 2 is 1.66 bits per heavy atom. The van der Waals surface area contributed by atoms with Crippen LogP contribution in [0.15, 0.2) is 54.9 Å². The summed E-state index contributed by atoms with van der Waals surface area (Å²) < 4.78 is 47.2. The van der Waals surface area contributed by atoms with Crippen molar-refractivity contribution < 1.29 is 27.4 Å². The van der Waals surface area contributed by atoms with Gasteiger partial charge in [-0.2, -0.15) is 0 Å². The van der Waals surface area contributed by atoms with Crippen LogP contribution in [-0.4, -0.2) is 32.8 Å². The van der Waals surface area contributed by atoms with Crippen molar-refractivity contribution in [1.29, 1.82) is 0 Å². The molecule has 0 saturated heterocycles. The zero-order valence-corrected chi connectivity index (χ0v) is 17.6. The predicted molar refractivity (Wildman–Crippen MR) is 113 cm³/mol. The van der Waals surface area contributed by atoms with Crippen LogP contribution in [0.5, 0.6) is 5.75 Å². The molecular weight excluding hydrogens is 425 g/mol. The van der Waals surface area contributed by atoms with E-state index in [9.17, 15) is 18.0 Å². The Kier molecular flexibility index (Phi) is 6.52. The highest BCUT2D eigenvalue weighted by Crippen LogP contribution is 2.23. The number of hydrogen-bond donors (Lipinski definition) is 1. The summed E-state index contributed by atoms with van der Waals surface area (Å²) in [6.07, 6.45) is -0.344. The summed E-state index contributed by atoms with van der Waals surface area (Å²) >= 11 is 0. The molecule has 32 heavy (non-hydrogen) atoms. The second-order valence-corrected chi connectivity index (χ2v) is 7.67. The summed E-state index contributed by atoms with van der Waals surface area (Å²) in [6, 6.07) is 12.4. The minimum Gasteiger partial charge on any atom is -0.444 e. The third-order valence-corrected chi connectivity index (χ3v) is 3.83. The molecule has 0 aliphatic rings. The topological polar surface area (TPSA) is 78.3 Å². The Hall–Kier alpha value is -3.82. The molecule has 0 fully saturated rings. The first kappa shape index (κ1) is 22.9. The van der Waals surface area contributed by atoms with E-state index in [1.165, 1.54) is 35.3 Å². The van der Waals surface area contributed by atoms with E-state index in [2.05, 4.69) is 20.1 Å². The summed E-state index contributed by atoms with van der Waals surface area (Å²) in [4.78, 5) is 16.0. The zero-order chi connectivity index (χ0) is 23.4. The van der Waals surface area contributed by atoms with E-state index in [0.717, 1.165) is 5.56 Å². The number of alkyl halides is 3. The van der Waals surface area contributed by atoms with Gasteiger partial charge in [0.25, 0.3) is 0 Å². The Morgan fingerprint density at radius 1 is 1.00 bits per heavy atom. The van der Waals surface area contributed by atoms with Gasteiger partial charge in [-0.1, -0.05) is 18.2 Å². The molecule has 0 spiro atoms. The van der Waals surface area contributed by atoms with E-state index in [1.807, 2.05) is 0 Å². The molecule has 1 N–H and O–H groups in total. The number of hydrogen-bond acceptors (Lipinski definition) is 5. The van der Waals surface area contributed by atoms with Gasteiger partial charge in [-0.3, -0.25) is 5.32 Å². The van der Waals surface area contributed by atoms with Crippen molar-refractivity contribution in [2.75, 3.05) is 5.32 Å². The Labute approximate surface area is 182 Å². The van der Waals surface area contributed by atoms with Crippen molar-refractivity contribution in [3.05, 3.63) is 66.2 Å². The number of carbonyl (C=O) groups excluding carboxylic acids is 1. The number of halogens is 3. The fourth-order valence-electron chi connectivity index (χ4n) is 2.55. The molecule has 3 aromatic rings. The van der Waals surface area contributed by atoms with Gasteiger partial charge < -0.3 is 9.47 Å². The maximum Gasteiger partial charge on any atom is 0.573 e. The van der Waals surface area contributed by atoms with Crippen molar-refractivity contribution in [2.24, 2.45) is 0 Å². The molecule has 10 heteroatoms. The first-order chi connectivity index (χ1) is 15.0. The summed E-state index contributed by atoms with van der Waals surface area (Å²) in [5.74, 6) is 0.0997. The third kappa shape index (κ3) is 7.15. The lowest BCUT2D eigenvalue weighted by atomic mass is 10.2. The molecule has 3 rings (SSSR count). The van der Waals surface area contributed by atoms with Gasteiger partial charge in [0.15, 0.2) is 5.82 Å². The van der Waals surface area contributed by atoms with Crippen LogP contribution in [0.4, 0.5) is 23.7 Å². The molecule has 0 atom stereocenters.